The van der Waals surface area contributed by atoms with Crippen LogP contribution in [0.1, 0.15) is 102 Å². The molecule has 0 fully saturated rings. The molecular weight excluding hydrogens is 1370 g/mol. The number of rotatable bonds is 12. The third-order valence-electron chi connectivity index (χ3n) is 17.6. The summed E-state index contributed by atoms with van der Waals surface area (Å²) in [5.41, 5.74) is 4.78. The number of hydrogen-bond donors (Lipinski definition) is 2. The number of fused-ring (bicyclic) bond motifs is 6. The van der Waals surface area contributed by atoms with Gasteiger partial charge in [0, 0.05) is 85.9 Å². The van der Waals surface area contributed by atoms with E-state index in [4.69, 9.17) is 15.3 Å². The zero-order valence-electron chi connectivity index (χ0n) is 50.6. The van der Waals surface area contributed by atoms with Gasteiger partial charge in [0.25, 0.3) is 22.9 Å². The lowest BCUT2D eigenvalue weighted by Crippen LogP contribution is -2.46. The molecule has 9 heterocycles. The summed E-state index contributed by atoms with van der Waals surface area (Å²) in [6.07, 6.45) is -5.58. The van der Waals surface area contributed by atoms with Crippen molar-refractivity contribution in [1.82, 2.24) is 78.1 Å². The quantitative estimate of drug-likeness (QED) is 0.109. The first-order valence-corrected chi connectivity index (χ1v) is 31.4. The number of amides is 2. The van der Waals surface area contributed by atoms with Gasteiger partial charge in [-0.05, 0) is 111 Å². The van der Waals surface area contributed by atoms with Crippen LogP contribution in [0.25, 0.3) is 45.6 Å². The standard InChI is InChI=1S/C66H52Br2F6N16O5/c1-34-21-46-53(32-84(34)60(91)41-15-19-50(67)48(26-41)65(69,70)71)89-58(87(62(46)93)45-17-13-40(14-18-45)57-77-64(95)83(4)81-57)44(30-75-89)25-38-11-8-12-39(23-38)31-86-52(56-36(3)78-82-79-56)28-55(80-86)88-59-43(24-37-9-6-5-7-10-37)29-76-90(59)54-33-85(35(2)22-47(54)63(88)94)61(92)42-16-20-51(68)49(27-42)66(72,73)74/h5-20,23,26-30,34-35H,21-22,24-25,31-33H2,1-4H3,(H,77,81,95)(H,78,79,82)/t34-,35+/m1/s1. The molecule has 2 aliphatic rings. The molecule has 95 heavy (non-hydrogen) atoms. The first-order chi connectivity index (χ1) is 45.4. The van der Waals surface area contributed by atoms with Crippen molar-refractivity contribution in [3.05, 3.63) is 252 Å². The van der Waals surface area contributed by atoms with Crippen molar-refractivity contribution in [2.24, 2.45) is 7.05 Å². The van der Waals surface area contributed by atoms with Crippen molar-refractivity contribution in [2.45, 2.75) is 90.5 Å². The van der Waals surface area contributed by atoms with E-state index in [1.54, 1.807) is 81.8 Å². The minimum Gasteiger partial charge on any atom is -0.330 e. The molecule has 0 bridgehead atoms. The Hall–Kier alpha value is -10.3. The molecule has 5 aromatic carbocycles. The fraction of sp³-hybridized carbons (Fsp3) is 0.227. The van der Waals surface area contributed by atoms with E-state index in [9.17, 15) is 40.7 Å². The largest absolute Gasteiger partial charge is 0.417 e. The van der Waals surface area contributed by atoms with Gasteiger partial charge in [-0.2, -0.15) is 46.7 Å². The topological polar surface area (TPSA) is 229 Å². The molecule has 0 unspecified atom stereocenters. The summed E-state index contributed by atoms with van der Waals surface area (Å²) >= 11 is 5.95. The van der Waals surface area contributed by atoms with E-state index in [2.05, 4.69) is 57.4 Å². The summed E-state index contributed by atoms with van der Waals surface area (Å²) in [4.78, 5) is 77.3. The van der Waals surface area contributed by atoms with Crippen LogP contribution in [0, 0.1) is 6.92 Å². The van der Waals surface area contributed by atoms with Gasteiger partial charge >= 0.3 is 18.0 Å². The molecule has 0 saturated heterocycles. The first kappa shape index (κ1) is 62.2. The Labute approximate surface area is 550 Å². The molecule has 0 aliphatic carbocycles. The van der Waals surface area contributed by atoms with Crippen LogP contribution in [0.4, 0.5) is 26.3 Å². The number of hydrogen-bond acceptors (Lipinski definition) is 11. The lowest BCUT2D eigenvalue weighted by Gasteiger charge is -2.35. The van der Waals surface area contributed by atoms with Crippen LogP contribution in [0.5, 0.6) is 0 Å². The Morgan fingerprint density at radius 3 is 1.71 bits per heavy atom. The Kier molecular flexibility index (Phi) is 15.5. The number of carbonyl (C=O) groups excluding carboxylic acids is 2. The lowest BCUT2D eigenvalue weighted by molar-refractivity contribution is -0.139. The summed E-state index contributed by atoms with van der Waals surface area (Å²) in [5.74, 6) is -0.796. The molecule has 12 aromatic rings. The molecule has 0 saturated carbocycles. The number of benzene rings is 5. The number of carbonyl (C=O) groups is 2. The third-order valence-corrected chi connectivity index (χ3v) is 18.9. The highest BCUT2D eigenvalue weighted by Crippen LogP contribution is 2.39. The molecule has 2 aliphatic heterocycles. The molecule has 2 amide bonds. The van der Waals surface area contributed by atoms with Gasteiger partial charge in [-0.15, -0.1) is 5.10 Å². The van der Waals surface area contributed by atoms with E-state index in [0.29, 0.717) is 85.5 Å². The van der Waals surface area contributed by atoms with Crippen LogP contribution in [0.2, 0.25) is 0 Å². The minimum absolute atomic E-state index is 0.0298. The van der Waals surface area contributed by atoms with E-state index in [0.717, 1.165) is 28.8 Å². The summed E-state index contributed by atoms with van der Waals surface area (Å²) < 4.78 is 93.5. The van der Waals surface area contributed by atoms with Crippen LogP contribution in [-0.4, -0.2) is 102 Å². The maximum Gasteiger partial charge on any atom is 0.417 e. The van der Waals surface area contributed by atoms with Crippen molar-refractivity contribution in [3.8, 4) is 34.3 Å². The van der Waals surface area contributed by atoms with Gasteiger partial charge < -0.3 is 9.80 Å². The highest BCUT2D eigenvalue weighted by atomic mass is 79.9. The molecule has 21 nitrogen and oxygen atoms in total. The van der Waals surface area contributed by atoms with Crippen LogP contribution in [0.3, 0.4) is 0 Å². The second-order valence-corrected chi connectivity index (χ2v) is 25.4. The first-order valence-electron chi connectivity index (χ1n) is 29.8. The van der Waals surface area contributed by atoms with Crippen molar-refractivity contribution in [2.75, 3.05) is 0 Å². The van der Waals surface area contributed by atoms with E-state index in [1.807, 2.05) is 54.6 Å². The average Bonchev–Trinajstić information content (AvgIpc) is 1.70. The van der Waals surface area contributed by atoms with Crippen LogP contribution in [0.15, 0.2) is 157 Å². The maximum atomic E-state index is 15.5. The van der Waals surface area contributed by atoms with E-state index < -0.39 is 64.2 Å². The van der Waals surface area contributed by atoms with Crippen LogP contribution in [-0.2, 0) is 64.7 Å². The molecule has 29 heteroatoms. The third kappa shape index (κ3) is 11.2. The normalized spacial score (nSPS) is 15.1. The summed E-state index contributed by atoms with van der Waals surface area (Å²) in [5, 5.41) is 30.5. The number of nitrogens with one attached hydrogen (secondary N) is 2. The SMILES string of the molecule is Cc1nn[nH]c1-c1cc(-n2c(=O)c3c(n4ncc(Cc5ccccc5)c24)CN(C(=O)c2ccc(Br)c(C(F)(F)F)c2)[C@@H](C)C3)nn1Cc1cccc(Cc2cnn3c4c(c(=O)n(-c5ccc(-c6nn(C)c(=O)[nH]6)cc5)c23)C[C@@H](C)N(C(=O)c2ccc(Br)c(C(F)(F)F)c2)C4)c1. The lowest BCUT2D eigenvalue weighted by atomic mass is 9.97. The van der Waals surface area contributed by atoms with Gasteiger partial charge in [-0.1, -0.05) is 91.7 Å². The van der Waals surface area contributed by atoms with Crippen molar-refractivity contribution >= 4 is 55.0 Å². The van der Waals surface area contributed by atoms with E-state index in [1.165, 1.54) is 50.4 Å². The zero-order chi connectivity index (χ0) is 66.7. The van der Waals surface area contributed by atoms with Gasteiger partial charge in [0.05, 0.1) is 71.6 Å². The monoisotopic (exact) mass is 1420 g/mol. The van der Waals surface area contributed by atoms with Crippen molar-refractivity contribution < 1.29 is 35.9 Å². The molecule has 2 atom stereocenters. The molecule has 0 radical (unpaired) electrons. The minimum atomic E-state index is -4.75. The molecule has 2 N–H and O–H groups in total. The number of aryl methyl sites for hydroxylation is 2. The second kappa shape index (κ2) is 23.6. The molecule has 14 rings (SSSR count). The van der Waals surface area contributed by atoms with Gasteiger partial charge in [-0.25, -0.2) is 23.1 Å². The van der Waals surface area contributed by atoms with E-state index >= 15 is 9.59 Å². The number of nitrogens with zero attached hydrogens (tertiary/aromatic N) is 14. The fourth-order valence-corrected chi connectivity index (χ4v) is 13.7. The highest BCUT2D eigenvalue weighted by Gasteiger charge is 2.39. The van der Waals surface area contributed by atoms with E-state index in [-0.39, 0.29) is 64.8 Å². The number of alkyl halides is 6. The number of H-pyrrole nitrogens is 2. The van der Waals surface area contributed by atoms with Crippen molar-refractivity contribution in [3.63, 3.8) is 0 Å². The number of halogens is 8. The summed E-state index contributed by atoms with van der Waals surface area (Å²) in [6, 6.07) is 31.2. The zero-order valence-corrected chi connectivity index (χ0v) is 53.8. The van der Waals surface area contributed by atoms with Crippen LogP contribution < -0.4 is 16.8 Å². The maximum absolute atomic E-state index is 15.5. The second-order valence-electron chi connectivity index (χ2n) is 23.7. The predicted octanol–water partition coefficient (Wildman–Crippen LogP) is 10.6. The van der Waals surface area contributed by atoms with Crippen molar-refractivity contribution in [1.29, 1.82) is 0 Å². The Morgan fingerprint density at radius 2 is 1.17 bits per heavy atom. The number of aromatic nitrogens is 14. The molecular formula is C66H52Br2F6N16O5. The molecule has 7 aromatic heterocycles. The molecule has 0 spiro atoms. The van der Waals surface area contributed by atoms with Gasteiger partial charge in [0.15, 0.2) is 11.6 Å². The fourth-order valence-electron chi connectivity index (χ4n) is 12.8. The molecule has 482 valence electrons. The highest BCUT2D eigenvalue weighted by molar-refractivity contribution is 9.10. The average molecular weight is 1420 g/mol. The summed E-state index contributed by atoms with van der Waals surface area (Å²) in [6.45, 7) is 5.05. The number of aromatic amines is 2. The van der Waals surface area contributed by atoms with Crippen LogP contribution >= 0.6 is 31.9 Å². The Bertz CT molecular complexity index is 5290. The van der Waals surface area contributed by atoms with Gasteiger partial charge in [0.1, 0.15) is 17.0 Å². The Morgan fingerprint density at radius 1 is 0.632 bits per heavy atom. The summed E-state index contributed by atoms with van der Waals surface area (Å²) in [7, 11) is 1.51. The smallest absolute Gasteiger partial charge is 0.330 e. The van der Waals surface area contributed by atoms with Gasteiger partial charge in [0.2, 0.25) is 0 Å². The predicted molar refractivity (Wildman–Crippen MR) is 342 cm³/mol. The Balaban J connectivity index is 0.847. The van der Waals surface area contributed by atoms with Gasteiger partial charge in [-0.3, -0.25) is 38.5 Å².